The molecule has 27 heavy (non-hydrogen) atoms. The maximum atomic E-state index is 12.5. The van der Waals surface area contributed by atoms with Gasteiger partial charge in [-0.15, -0.1) is 11.3 Å². The number of hydrogen-bond donors (Lipinski definition) is 2. The van der Waals surface area contributed by atoms with Crippen molar-refractivity contribution in [2.45, 2.75) is 6.10 Å². The molecule has 0 aliphatic carbocycles. The number of thiophene rings is 1. The van der Waals surface area contributed by atoms with Gasteiger partial charge in [0.1, 0.15) is 19.3 Å². The van der Waals surface area contributed by atoms with Crippen LogP contribution >= 0.6 is 22.9 Å². The summed E-state index contributed by atoms with van der Waals surface area (Å²) in [6.45, 7) is 0.870. The van der Waals surface area contributed by atoms with E-state index in [0.717, 1.165) is 0 Å². The Morgan fingerprint density at radius 2 is 1.81 bits per heavy atom. The number of carbonyl (C=O) groups excluding carboxylic acids is 1. The first-order chi connectivity index (χ1) is 13.1. The molecule has 1 aliphatic heterocycles. The number of rotatable bonds is 4. The first-order valence-electron chi connectivity index (χ1n) is 8.34. The fraction of sp³-hybridized carbons (Fsp3) is 0.150. The zero-order chi connectivity index (χ0) is 18.8. The number of aliphatic hydroxyl groups is 1. The number of hydrogen-bond acceptors (Lipinski definition) is 5. The molecule has 0 fully saturated rings. The normalized spacial score (nSPS) is 13.9. The number of halogens is 1. The van der Waals surface area contributed by atoms with Crippen LogP contribution in [0.1, 0.15) is 26.9 Å². The van der Waals surface area contributed by atoms with Crippen LogP contribution in [0.15, 0.2) is 53.9 Å². The van der Waals surface area contributed by atoms with Gasteiger partial charge in [0.25, 0.3) is 5.91 Å². The quantitative estimate of drug-likeness (QED) is 0.675. The van der Waals surface area contributed by atoms with Gasteiger partial charge in [-0.05, 0) is 35.2 Å². The van der Waals surface area contributed by atoms with Gasteiger partial charge in [0, 0.05) is 16.7 Å². The molecule has 4 rings (SSSR count). The highest BCUT2D eigenvalue weighted by Crippen LogP contribution is 2.40. The lowest BCUT2D eigenvalue weighted by Gasteiger charge is -2.23. The minimum atomic E-state index is -0.961. The summed E-state index contributed by atoms with van der Waals surface area (Å²) in [6, 6.07) is 13.9. The van der Waals surface area contributed by atoms with Gasteiger partial charge in [-0.2, -0.15) is 0 Å². The van der Waals surface area contributed by atoms with E-state index < -0.39 is 6.10 Å². The van der Waals surface area contributed by atoms with E-state index in [1.54, 1.807) is 42.5 Å². The van der Waals surface area contributed by atoms with Crippen LogP contribution in [0.25, 0.3) is 0 Å². The summed E-state index contributed by atoms with van der Waals surface area (Å²) in [5.41, 5.74) is 1.65. The standard InChI is InChI=1S/C20H16ClNO4S/c21-13-5-3-12(4-6-13)19(23)14-10-16-17(26-8-7-25-16)11-15(14)22-20(24)18-2-1-9-27-18/h1-6,9-11,19,23H,7-8H2,(H,22,24). The average Bonchev–Trinajstić information content (AvgIpc) is 3.22. The van der Waals surface area contributed by atoms with Crippen LogP contribution in [0.4, 0.5) is 5.69 Å². The highest BCUT2D eigenvalue weighted by Gasteiger charge is 2.23. The maximum Gasteiger partial charge on any atom is 0.265 e. The molecule has 0 bridgehead atoms. The summed E-state index contributed by atoms with van der Waals surface area (Å²) in [5, 5.41) is 16.2. The molecule has 0 radical (unpaired) electrons. The van der Waals surface area contributed by atoms with Crippen LogP contribution < -0.4 is 14.8 Å². The van der Waals surface area contributed by atoms with Crippen LogP contribution in [0, 0.1) is 0 Å². The Kier molecular flexibility index (Phi) is 5.03. The average molecular weight is 402 g/mol. The Bertz CT molecular complexity index is 957. The monoisotopic (exact) mass is 401 g/mol. The van der Waals surface area contributed by atoms with E-state index in [2.05, 4.69) is 5.32 Å². The molecule has 7 heteroatoms. The van der Waals surface area contributed by atoms with Gasteiger partial charge in [-0.1, -0.05) is 29.8 Å². The van der Waals surface area contributed by atoms with Crippen molar-refractivity contribution in [2.24, 2.45) is 0 Å². The number of fused-ring (bicyclic) bond motifs is 1. The molecule has 138 valence electrons. The summed E-state index contributed by atoms with van der Waals surface area (Å²) >= 11 is 7.29. The zero-order valence-corrected chi connectivity index (χ0v) is 15.7. The van der Waals surface area contributed by atoms with Crippen molar-refractivity contribution < 1.29 is 19.4 Å². The SMILES string of the molecule is O=C(Nc1cc2c(cc1C(O)c1ccc(Cl)cc1)OCCO2)c1cccs1. The summed E-state index contributed by atoms with van der Waals surface area (Å²) in [7, 11) is 0. The number of aliphatic hydroxyl groups excluding tert-OH is 1. The van der Waals surface area contributed by atoms with E-state index in [9.17, 15) is 9.90 Å². The van der Waals surface area contributed by atoms with Crippen LogP contribution in [0.3, 0.4) is 0 Å². The van der Waals surface area contributed by atoms with Crippen molar-refractivity contribution in [3.05, 3.63) is 74.9 Å². The van der Waals surface area contributed by atoms with Crippen molar-refractivity contribution in [1.82, 2.24) is 0 Å². The second kappa shape index (κ2) is 7.60. The molecule has 2 N–H and O–H groups in total. The van der Waals surface area contributed by atoms with Crippen LogP contribution in [-0.2, 0) is 0 Å². The number of carbonyl (C=O) groups is 1. The topological polar surface area (TPSA) is 67.8 Å². The molecule has 1 atom stereocenters. The molecule has 1 unspecified atom stereocenters. The first kappa shape index (κ1) is 17.9. The highest BCUT2D eigenvalue weighted by atomic mass is 35.5. The lowest BCUT2D eigenvalue weighted by Crippen LogP contribution is -2.18. The first-order valence-corrected chi connectivity index (χ1v) is 9.59. The Morgan fingerprint density at radius 3 is 2.48 bits per heavy atom. The molecule has 0 saturated heterocycles. The minimum Gasteiger partial charge on any atom is -0.486 e. The van der Waals surface area contributed by atoms with Crippen molar-refractivity contribution >= 4 is 34.5 Å². The number of ether oxygens (including phenoxy) is 2. The molecule has 1 aromatic heterocycles. The summed E-state index contributed by atoms with van der Waals surface area (Å²) in [5.74, 6) is 0.833. The predicted molar refractivity (Wildman–Crippen MR) is 105 cm³/mol. The predicted octanol–water partition coefficient (Wildman–Crippen LogP) is 4.51. The molecular formula is C20H16ClNO4S. The summed E-state index contributed by atoms with van der Waals surface area (Å²) in [4.78, 5) is 13.1. The third-order valence-corrected chi connectivity index (χ3v) is 5.31. The molecule has 0 saturated carbocycles. The van der Waals surface area contributed by atoms with Crippen LogP contribution in [-0.4, -0.2) is 24.2 Å². The van der Waals surface area contributed by atoms with Crippen molar-refractivity contribution in [3.8, 4) is 11.5 Å². The molecule has 3 aromatic rings. The van der Waals surface area contributed by atoms with Crippen molar-refractivity contribution in [3.63, 3.8) is 0 Å². The lowest BCUT2D eigenvalue weighted by molar-refractivity contribution is 0.103. The zero-order valence-electron chi connectivity index (χ0n) is 14.1. The fourth-order valence-electron chi connectivity index (χ4n) is 2.86. The smallest absolute Gasteiger partial charge is 0.265 e. The molecule has 1 aliphatic rings. The van der Waals surface area contributed by atoms with E-state index in [4.69, 9.17) is 21.1 Å². The van der Waals surface area contributed by atoms with Crippen LogP contribution in [0.2, 0.25) is 5.02 Å². The Balaban J connectivity index is 1.73. The summed E-state index contributed by atoms with van der Waals surface area (Å²) < 4.78 is 11.3. The Morgan fingerprint density at radius 1 is 1.11 bits per heavy atom. The molecule has 1 amide bonds. The Hall–Kier alpha value is -2.54. The highest BCUT2D eigenvalue weighted by molar-refractivity contribution is 7.12. The largest absolute Gasteiger partial charge is 0.486 e. The van der Waals surface area contributed by atoms with Gasteiger partial charge >= 0.3 is 0 Å². The van der Waals surface area contributed by atoms with E-state index in [-0.39, 0.29) is 5.91 Å². The Labute approximate surface area is 165 Å². The van der Waals surface area contributed by atoms with Gasteiger partial charge in [-0.25, -0.2) is 0 Å². The van der Waals surface area contributed by atoms with E-state index >= 15 is 0 Å². The molecule has 2 aromatic carbocycles. The van der Waals surface area contributed by atoms with Gasteiger partial charge in [0.2, 0.25) is 0 Å². The van der Waals surface area contributed by atoms with E-state index in [1.165, 1.54) is 11.3 Å². The fourth-order valence-corrected chi connectivity index (χ4v) is 3.60. The molecule has 5 nitrogen and oxygen atoms in total. The number of anilines is 1. The van der Waals surface area contributed by atoms with E-state index in [0.29, 0.717) is 51.4 Å². The van der Waals surface area contributed by atoms with Crippen molar-refractivity contribution in [1.29, 1.82) is 0 Å². The molecular weight excluding hydrogens is 386 g/mol. The van der Waals surface area contributed by atoms with Crippen LogP contribution in [0.5, 0.6) is 11.5 Å². The summed E-state index contributed by atoms with van der Waals surface area (Å²) in [6.07, 6.45) is -0.961. The number of nitrogens with one attached hydrogen (secondary N) is 1. The van der Waals surface area contributed by atoms with Gasteiger partial charge < -0.3 is 19.9 Å². The van der Waals surface area contributed by atoms with Gasteiger partial charge in [0.05, 0.1) is 10.6 Å². The minimum absolute atomic E-state index is 0.244. The molecule has 2 heterocycles. The number of benzene rings is 2. The van der Waals surface area contributed by atoms with Gasteiger partial charge in [0.15, 0.2) is 11.5 Å². The van der Waals surface area contributed by atoms with Gasteiger partial charge in [-0.3, -0.25) is 4.79 Å². The van der Waals surface area contributed by atoms with Crippen molar-refractivity contribution in [2.75, 3.05) is 18.5 Å². The lowest BCUT2D eigenvalue weighted by atomic mass is 9.99. The van der Waals surface area contributed by atoms with E-state index in [1.807, 2.05) is 11.4 Å². The second-order valence-electron chi connectivity index (χ2n) is 5.97. The maximum absolute atomic E-state index is 12.5. The number of amides is 1. The second-order valence-corrected chi connectivity index (χ2v) is 7.35. The third kappa shape index (κ3) is 3.78. The molecule has 0 spiro atoms. The third-order valence-electron chi connectivity index (χ3n) is 4.19.